The maximum atomic E-state index is 13.1. The number of anilines is 1. The lowest BCUT2D eigenvalue weighted by molar-refractivity contribution is 0.102. The molecule has 0 aliphatic rings. The number of carbonyl (C=O) groups is 1. The Morgan fingerprint density at radius 2 is 1.88 bits per heavy atom. The molecule has 0 spiro atoms. The fourth-order valence-corrected chi connectivity index (χ4v) is 2.31. The Balaban J connectivity index is 1.90. The molecule has 0 aliphatic heterocycles. The minimum atomic E-state index is -0.438. The summed E-state index contributed by atoms with van der Waals surface area (Å²) in [7, 11) is 3.03. The van der Waals surface area contributed by atoms with E-state index < -0.39 is 5.91 Å². The van der Waals surface area contributed by atoms with Crippen LogP contribution in [-0.4, -0.2) is 25.3 Å². The smallest absolute Gasteiger partial charge is 0.261 e. The van der Waals surface area contributed by atoms with Gasteiger partial charge >= 0.3 is 0 Å². The van der Waals surface area contributed by atoms with E-state index in [0.717, 1.165) is 0 Å². The molecule has 0 unspecified atom stereocenters. The van der Waals surface area contributed by atoms with Crippen LogP contribution in [0.25, 0.3) is 11.3 Å². The van der Waals surface area contributed by atoms with E-state index >= 15 is 0 Å². The molecule has 7 heteroatoms. The Hall–Kier alpha value is -3.35. The molecule has 2 aromatic carbocycles. The molecule has 1 N–H and O–H groups in total. The van der Waals surface area contributed by atoms with E-state index in [0.29, 0.717) is 22.7 Å². The van der Waals surface area contributed by atoms with Crippen molar-refractivity contribution in [2.45, 2.75) is 0 Å². The summed E-state index contributed by atoms with van der Waals surface area (Å²) in [5.41, 5.74) is 1.20. The minimum Gasteiger partial charge on any atom is -0.497 e. The molecule has 0 atom stereocenters. The molecule has 0 bridgehead atoms. The van der Waals surface area contributed by atoms with Gasteiger partial charge < -0.3 is 19.3 Å². The number of nitrogens with one attached hydrogen (secondary N) is 1. The number of hydrogen-bond acceptors (Lipinski definition) is 5. The number of halogens is 1. The summed E-state index contributed by atoms with van der Waals surface area (Å²) < 4.78 is 28.6. The lowest BCUT2D eigenvalue weighted by atomic mass is 10.1. The number of carbonyl (C=O) groups excluding carboxylic acids is 1. The molecule has 0 fully saturated rings. The highest BCUT2D eigenvalue weighted by Gasteiger charge is 2.19. The Bertz CT molecular complexity index is 890. The maximum absolute atomic E-state index is 13.1. The van der Waals surface area contributed by atoms with Crippen molar-refractivity contribution in [2.75, 3.05) is 19.5 Å². The Morgan fingerprint density at radius 3 is 2.56 bits per heavy atom. The van der Waals surface area contributed by atoms with Crippen LogP contribution in [0.15, 0.2) is 53.2 Å². The van der Waals surface area contributed by atoms with Gasteiger partial charge in [-0.05, 0) is 36.4 Å². The van der Waals surface area contributed by atoms with E-state index in [4.69, 9.17) is 14.0 Å². The number of hydrogen-bond donors (Lipinski definition) is 1. The fraction of sp³-hybridized carbons (Fsp3) is 0.111. The molecular formula is C18H15FN2O4. The van der Waals surface area contributed by atoms with E-state index in [1.807, 2.05) is 0 Å². The zero-order chi connectivity index (χ0) is 17.8. The number of amides is 1. The van der Waals surface area contributed by atoms with Crippen LogP contribution >= 0.6 is 0 Å². The SMILES string of the molecule is COc1ccc(OC)c(NC(=O)c2cnoc2-c2ccc(F)cc2)c1. The molecule has 1 amide bonds. The molecule has 0 aliphatic carbocycles. The molecule has 25 heavy (non-hydrogen) atoms. The van der Waals surface area contributed by atoms with Crippen LogP contribution in [0.3, 0.4) is 0 Å². The van der Waals surface area contributed by atoms with Crippen LogP contribution in [0.2, 0.25) is 0 Å². The number of rotatable bonds is 5. The van der Waals surface area contributed by atoms with Gasteiger partial charge in [-0.1, -0.05) is 5.16 Å². The van der Waals surface area contributed by atoms with Crippen molar-refractivity contribution in [1.29, 1.82) is 0 Å². The van der Waals surface area contributed by atoms with Gasteiger partial charge in [0.15, 0.2) is 5.76 Å². The third-order valence-corrected chi connectivity index (χ3v) is 3.58. The van der Waals surface area contributed by atoms with Gasteiger partial charge in [0, 0.05) is 11.6 Å². The zero-order valence-electron chi connectivity index (χ0n) is 13.6. The quantitative estimate of drug-likeness (QED) is 0.764. The van der Waals surface area contributed by atoms with Crippen LogP contribution in [0, 0.1) is 5.82 Å². The number of ether oxygens (including phenoxy) is 2. The molecule has 6 nitrogen and oxygen atoms in total. The second kappa shape index (κ2) is 7.04. The van der Waals surface area contributed by atoms with Crippen molar-refractivity contribution < 1.29 is 23.2 Å². The lowest BCUT2D eigenvalue weighted by Crippen LogP contribution is -2.13. The number of nitrogens with zero attached hydrogens (tertiary/aromatic N) is 1. The summed E-state index contributed by atoms with van der Waals surface area (Å²) in [5, 5.41) is 6.42. The predicted molar refractivity (Wildman–Crippen MR) is 89.4 cm³/mol. The largest absolute Gasteiger partial charge is 0.497 e. The van der Waals surface area contributed by atoms with E-state index in [1.54, 1.807) is 18.2 Å². The van der Waals surface area contributed by atoms with E-state index in [2.05, 4.69) is 10.5 Å². The first kappa shape index (κ1) is 16.5. The minimum absolute atomic E-state index is 0.219. The predicted octanol–water partition coefficient (Wildman–Crippen LogP) is 3.75. The van der Waals surface area contributed by atoms with Gasteiger partial charge in [0.1, 0.15) is 22.9 Å². The monoisotopic (exact) mass is 342 g/mol. The first-order chi connectivity index (χ1) is 12.1. The van der Waals surface area contributed by atoms with Gasteiger partial charge in [-0.25, -0.2) is 4.39 Å². The second-order valence-corrected chi connectivity index (χ2v) is 5.10. The van der Waals surface area contributed by atoms with Crippen molar-refractivity contribution in [3.8, 4) is 22.8 Å². The second-order valence-electron chi connectivity index (χ2n) is 5.10. The maximum Gasteiger partial charge on any atom is 0.261 e. The number of aromatic nitrogens is 1. The molecular weight excluding hydrogens is 327 g/mol. The Labute approximate surface area is 143 Å². The number of methoxy groups -OCH3 is 2. The van der Waals surface area contributed by atoms with Gasteiger partial charge in [-0.2, -0.15) is 0 Å². The van der Waals surface area contributed by atoms with Crippen LogP contribution in [0.1, 0.15) is 10.4 Å². The summed E-state index contributed by atoms with van der Waals surface area (Å²) in [6, 6.07) is 10.6. The van der Waals surface area contributed by atoms with Crippen molar-refractivity contribution >= 4 is 11.6 Å². The molecule has 128 valence electrons. The molecule has 1 aromatic heterocycles. The fourth-order valence-electron chi connectivity index (χ4n) is 2.31. The molecule has 3 aromatic rings. The molecule has 0 saturated heterocycles. The molecule has 0 radical (unpaired) electrons. The summed E-state index contributed by atoms with van der Waals surface area (Å²) in [6.07, 6.45) is 1.31. The Morgan fingerprint density at radius 1 is 1.12 bits per heavy atom. The Kier molecular flexibility index (Phi) is 4.65. The third-order valence-electron chi connectivity index (χ3n) is 3.58. The van der Waals surface area contributed by atoms with Crippen LogP contribution in [0.4, 0.5) is 10.1 Å². The normalized spacial score (nSPS) is 10.4. The van der Waals surface area contributed by atoms with Crippen LogP contribution < -0.4 is 14.8 Å². The average Bonchev–Trinajstić information content (AvgIpc) is 3.12. The van der Waals surface area contributed by atoms with E-state index in [-0.39, 0.29) is 17.1 Å². The van der Waals surface area contributed by atoms with E-state index in [9.17, 15) is 9.18 Å². The van der Waals surface area contributed by atoms with Crippen molar-refractivity contribution in [3.63, 3.8) is 0 Å². The van der Waals surface area contributed by atoms with Crippen molar-refractivity contribution in [1.82, 2.24) is 5.16 Å². The lowest BCUT2D eigenvalue weighted by Gasteiger charge is -2.11. The van der Waals surface area contributed by atoms with Crippen LogP contribution in [-0.2, 0) is 0 Å². The summed E-state index contributed by atoms with van der Waals surface area (Å²) >= 11 is 0. The summed E-state index contributed by atoms with van der Waals surface area (Å²) in [6.45, 7) is 0. The summed E-state index contributed by atoms with van der Waals surface area (Å²) in [4.78, 5) is 12.6. The van der Waals surface area contributed by atoms with E-state index in [1.165, 1.54) is 44.7 Å². The average molecular weight is 342 g/mol. The molecule has 0 saturated carbocycles. The van der Waals surface area contributed by atoms with Crippen molar-refractivity contribution in [3.05, 3.63) is 60.0 Å². The first-order valence-corrected chi connectivity index (χ1v) is 7.36. The standard InChI is InChI=1S/C18H15FN2O4/c1-23-13-7-8-16(24-2)15(9-13)21-18(22)14-10-20-25-17(14)11-3-5-12(19)6-4-11/h3-10H,1-2H3,(H,21,22). The molecule has 1 heterocycles. The third kappa shape index (κ3) is 3.45. The van der Waals surface area contributed by atoms with Crippen molar-refractivity contribution in [2.24, 2.45) is 0 Å². The van der Waals surface area contributed by atoms with Gasteiger partial charge in [-0.3, -0.25) is 4.79 Å². The topological polar surface area (TPSA) is 73.6 Å². The van der Waals surface area contributed by atoms with Gasteiger partial charge in [0.25, 0.3) is 5.91 Å². The van der Waals surface area contributed by atoms with Gasteiger partial charge in [-0.15, -0.1) is 0 Å². The number of benzene rings is 2. The highest BCUT2D eigenvalue weighted by Crippen LogP contribution is 2.30. The van der Waals surface area contributed by atoms with Gasteiger partial charge in [0.05, 0.1) is 26.1 Å². The molecule has 3 rings (SSSR count). The first-order valence-electron chi connectivity index (χ1n) is 7.36. The zero-order valence-corrected chi connectivity index (χ0v) is 13.6. The highest BCUT2D eigenvalue weighted by molar-refractivity contribution is 6.08. The van der Waals surface area contributed by atoms with Crippen LogP contribution in [0.5, 0.6) is 11.5 Å². The van der Waals surface area contributed by atoms with Gasteiger partial charge in [0.2, 0.25) is 0 Å². The summed E-state index contributed by atoms with van der Waals surface area (Å²) in [5.74, 6) is 0.482. The highest BCUT2D eigenvalue weighted by atomic mass is 19.1.